The Labute approximate surface area is 236 Å². The van der Waals surface area contributed by atoms with Crippen LogP contribution in [0.25, 0.3) is 10.9 Å². The quantitative estimate of drug-likeness (QED) is 0.134. The Morgan fingerprint density at radius 3 is 2.69 bits per heavy atom. The van der Waals surface area contributed by atoms with Gasteiger partial charge in [0.15, 0.2) is 6.61 Å². The summed E-state index contributed by atoms with van der Waals surface area (Å²) in [5, 5.41) is 19.4. The largest absolute Gasteiger partial charge is 0.483 e. The van der Waals surface area contributed by atoms with Crippen molar-refractivity contribution in [2.45, 2.75) is 26.2 Å². The van der Waals surface area contributed by atoms with E-state index in [1.54, 1.807) is 36.4 Å². The van der Waals surface area contributed by atoms with Crippen molar-refractivity contribution in [2.75, 3.05) is 11.9 Å². The van der Waals surface area contributed by atoms with E-state index in [-0.39, 0.29) is 29.2 Å². The van der Waals surface area contributed by atoms with Crippen LogP contribution in [-0.4, -0.2) is 33.3 Å². The van der Waals surface area contributed by atoms with Gasteiger partial charge >= 0.3 is 0 Å². The number of unbranched alkanes of at least 4 members (excludes halogenated alkanes) is 1. The van der Waals surface area contributed by atoms with Crippen molar-refractivity contribution in [1.29, 1.82) is 0 Å². The van der Waals surface area contributed by atoms with Crippen LogP contribution in [0.4, 0.5) is 11.4 Å². The number of hydrogen-bond donors (Lipinski definition) is 1. The van der Waals surface area contributed by atoms with Gasteiger partial charge in [-0.3, -0.25) is 19.7 Å². The first-order valence-electron chi connectivity index (χ1n) is 12.0. The number of nitro benzene ring substituents is 1. The fourth-order valence-electron chi connectivity index (χ4n) is 3.69. The van der Waals surface area contributed by atoms with Gasteiger partial charge in [-0.2, -0.15) is 9.78 Å². The first-order chi connectivity index (χ1) is 18.7. The van der Waals surface area contributed by atoms with Crippen molar-refractivity contribution < 1.29 is 14.5 Å². The molecule has 4 rings (SSSR count). The Balaban J connectivity index is 1.66. The highest BCUT2D eigenvalue weighted by Gasteiger charge is 2.14. The zero-order valence-corrected chi connectivity index (χ0v) is 23.1. The molecule has 0 saturated heterocycles. The molecular formula is C27H23BrClN5O5. The van der Waals surface area contributed by atoms with Gasteiger partial charge in [-0.15, -0.1) is 0 Å². The summed E-state index contributed by atoms with van der Waals surface area (Å²) in [7, 11) is 0. The molecule has 4 aromatic rings. The van der Waals surface area contributed by atoms with Gasteiger partial charge in [0.2, 0.25) is 0 Å². The molecule has 0 radical (unpaired) electrons. The van der Waals surface area contributed by atoms with E-state index in [0.29, 0.717) is 33.9 Å². The molecule has 1 aromatic heterocycles. The minimum absolute atomic E-state index is 0.176. The third-order valence-electron chi connectivity index (χ3n) is 5.63. The van der Waals surface area contributed by atoms with E-state index < -0.39 is 10.8 Å². The fourth-order valence-corrected chi connectivity index (χ4v) is 4.17. The van der Waals surface area contributed by atoms with Crippen LogP contribution in [0, 0.1) is 10.1 Å². The van der Waals surface area contributed by atoms with Crippen molar-refractivity contribution in [3.63, 3.8) is 0 Å². The summed E-state index contributed by atoms with van der Waals surface area (Å²) >= 11 is 9.25. The normalized spacial score (nSPS) is 11.2. The fraction of sp³-hybridized carbons (Fsp3) is 0.185. The highest BCUT2D eigenvalue weighted by Crippen LogP contribution is 2.24. The maximum Gasteiger partial charge on any atom is 0.282 e. The van der Waals surface area contributed by atoms with Gasteiger partial charge in [-0.05, 0) is 55.0 Å². The van der Waals surface area contributed by atoms with Gasteiger partial charge in [0.25, 0.3) is 17.2 Å². The molecule has 10 nitrogen and oxygen atoms in total. The highest BCUT2D eigenvalue weighted by atomic mass is 79.9. The van der Waals surface area contributed by atoms with Crippen LogP contribution < -0.4 is 15.6 Å². The number of aryl methyl sites for hydroxylation is 1. The number of rotatable bonds is 10. The zero-order chi connectivity index (χ0) is 27.9. The molecule has 0 spiro atoms. The Hall–Kier alpha value is -4.09. The molecule has 12 heteroatoms. The number of halogens is 2. The van der Waals surface area contributed by atoms with Crippen LogP contribution >= 0.6 is 27.5 Å². The number of carbonyl (C=O) groups is 1. The monoisotopic (exact) mass is 611 g/mol. The lowest BCUT2D eigenvalue weighted by molar-refractivity contribution is -0.384. The molecular weight excluding hydrogens is 590 g/mol. The minimum atomic E-state index is -0.553. The van der Waals surface area contributed by atoms with Gasteiger partial charge in [0.1, 0.15) is 11.6 Å². The summed E-state index contributed by atoms with van der Waals surface area (Å²) in [4.78, 5) is 41.2. The minimum Gasteiger partial charge on any atom is -0.483 e. The molecule has 0 saturated carbocycles. The number of nitro groups is 1. The number of non-ortho nitro benzene ring substituents is 1. The van der Waals surface area contributed by atoms with E-state index in [2.05, 4.69) is 31.3 Å². The summed E-state index contributed by atoms with van der Waals surface area (Å²) < 4.78 is 7.58. The van der Waals surface area contributed by atoms with E-state index in [1.807, 2.05) is 13.0 Å². The molecule has 0 fully saturated rings. The van der Waals surface area contributed by atoms with Gasteiger partial charge in [0, 0.05) is 39.3 Å². The second-order valence-electron chi connectivity index (χ2n) is 8.48. The molecule has 1 N–H and O–H groups in total. The van der Waals surface area contributed by atoms with Gasteiger partial charge < -0.3 is 10.1 Å². The molecule has 0 aliphatic heterocycles. The highest BCUT2D eigenvalue weighted by molar-refractivity contribution is 9.10. The number of nitrogens with one attached hydrogen (secondary N) is 1. The maximum absolute atomic E-state index is 13.3. The molecule has 1 heterocycles. The number of hydrogen-bond acceptors (Lipinski definition) is 7. The summed E-state index contributed by atoms with van der Waals surface area (Å²) in [5.74, 6) is 0.194. The van der Waals surface area contributed by atoms with Crippen LogP contribution in [0.5, 0.6) is 5.75 Å². The molecule has 39 heavy (non-hydrogen) atoms. The summed E-state index contributed by atoms with van der Waals surface area (Å²) in [6.45, 7) is 1.66. The first kappa shape index (κ1) is 27.9. The third kappa shape index (κ3) is 7.06. The Bertz CT molecular complexity index is 1620. The van der Waals surface area contributed by atoms with Crippen LogP contribution in [0.15, 0.2) is 75.0 Å². The smallest absolute Gasteiger partial charge is 0.282 e. The molecule has 200 valence electrons. The number of anilines is 1. The number of amides is 1. The lowest BCUT2D eigenvalue weighted by Gasteiger charge is -2.11. The van der Waals surface area contributed by atoms with Crippen LogP contribution in [0.1, 0.15) is 31.2 Å². The summed E-state index contributed by atoms with van der Waals surface area (Å²) in [6.07, 6.45) is 3.48. The average molecular weight is 613 g/mol. The van der Waals surface area contributed by atoms with Crippen molar-refractivity contribution in [3.8, 4) is 5.75 Å². The number of ether oxygens (including phenoxy) is 1. The van der Waals surface area contributed by atoms with Crippen LogP contribution in [-0.2, 0) is 11.2 Å². The Kier molecular flexibility index (Phi) is 9.05. The predicted molar refractivity (Wildman–Crippen MR) is 154 cm³/mol. The second kappa shape index (κ2) is 12.6. The molecule has 1 amide bonds. The molecule has 0 unspecified atom stereocenters. The number of carbonyl (C=O) groups excluding carboxylic acids is 1. The predicted octanol–water partition coefficient (Wildman–Crippen LogP) is 5.96. The standard InChI is InChI=1S/C27H23BrClN5O5/c1-2-3-4-25-32-23-11-5-18(28)14-22(23)27(36)33(25)30-15-17-13-21(34(37)38)10-12-24(17)39-16-26(35)31-20-8-6-19(29)7-9-20/h5-15H,2-4,16H2,1H3,(H,31,35). The van der Waals surface area contributed by atoms with Crippen molar-refractivity contribution in [3.05, 3.63) is 102 Å². The van der Waals surface area contributed by atoms with Crippen LogP contribution in [0.2, 0.25) is 5.02 Å². The summed E-state index contributed by atoms with van der Waals surface area (Å²) in [5.41, 5.74) is 0.721. The topological polar surface area (TPSA) is 129 Å². The summed E-state index contributed by atoms with van der Waals surface area (Å²) in [6, 6.07) is 15.7. The van der Waals surface area contributed by atoms with Crippen molar-refractivity contribution in [2.24, 2.45) is 5.10 Å². The van der Waals surface area contributed by atoms with Crippen LogP contribution in [0.3, 0.4) is 0 Å². The first-order valence-corrected chi connectivity index (χ1v) is 13.1. The van der Waals surface area contributed by atoms with E-state index in [1.165, 1.54) is 29.1 Å². The maximum atomic E-state index is 13.3. The second-order valence-corrected chi connectivity index (χ2v) is 9.83. The molecule has 0 bridgehead atoms. The van der Waals surface area contributed by atoms with E-state index in [0.717, 1.165) is 17.3 Å². The number of nitrogens with zero attached hydrogens (tertiary/aromatic N) is 4. The van der Waals surface area contributed by atoms with Crippen molar-refractivity contribution in [1.82, 2.24) is 9.66 Å². The van der Waals surface area contributed by atoms with E-state index >= 15 is 0 Å². The molecule has 3 aromatic carbocycles. The molecule has 0 aliphatic rings. The van der Waals surface area contributed by atoms with Crippen molar-refractivity contribution >= 4 is 61.9 Å². The van der Waals surface area contributed by atoms with Gasteiger partial charge in [-0.1, -0.05) is 40.9 Å². The lowest BCUT2D eigenvalue weighted by atomic mass is 10.2. The average Bonchev–Trinajstić information content (AvgIpc) is 2.92. The molecule has 0 atom stereocenters. The number of fused-ring (bicyclic) bond motifs is 1. The number of benzene rings is 3. The third-order valence-corrected chi connectivity index (χ3v) is 6.38. The van der Waals surface area contributed by atoms with Gasteiger partial charge in [0.05, 0.1) is 22.0 Å². The van der Waals surface area contributed by atoms with E-state index in [4.69, 9.17) is 16.3 Å². The lowest BCUT2D eigenvalue weighted by Crippen LogP contribution is -2.23. The molecule has 0 aliphatic carbocycles. The Morgan fingerprint density at radius 1 is 1.21 bits per heavy atom. The van der Waals surface area contributed by atoms with Gasteiger partial charge in [-0.25, -0.2) is 4.98 Å². The Morgan fingerprint density at radius 2 is 1.97 bits per heavy atom. The number of aromatic nitrogens is 2. The SMILES string of the molecule is CCCCc1nc2ccc(Br)cc2c(=O)n1N=Cc1cc([N+](=O)[O-])ccc1OCC(=O)Nc1ccc(Cl)cc1. The van der Waals surface area contributed by atoms with E-state index in [9.17, 15) is 19.7 Å². The zero-order valence-electron chi connectivity index (χ0n) is 20.8.